The van der Waals surface area contributed by atoms with E-state index in [1.54, 1.807) is 0 Å². The Hall–Kier alpha value is -3.60. The van der Waals surface area contributed by atoms with E-state index in [2.05, 4.69) is 10.6 Å². The molecule has 0 saturated carbocycles. The molecule has 0 fully saturated rings. The lowest BCUT2D eigenvalue weighted by molar-refractivity contribution is -0.137. The molecule has 0 spiro atoms. The van der Waals surface area contributed by atoms with Gasteiger partial charge in [-0.25, -0.2) is 4.79 Å². The normalized spacial score (nSPS) is 11.4. The van der Waals surface area contributed by atoms with Crippen LogP contribution in [-0.4, -0.2) is 23.1 Å². The monoisotopic (exact) mass is 388 g/mol. The molecule has 3 aromatic rings. The largest absolute Gasteiger partial charge is 0.481 e. The van der Waals surface area contributed by atoms with Crippen LogP contribution < -0.4 is 10.6 Å². The summed E-state index contributed by atoms with van der Waals surface area (Å²) in [6, 6.07) is 26.7. The summed E-state index contributed by atoms with van der Waals surface area (Å²) in [7, 11) is 0. The number of rotatable bonds is 8. The molecule has 3 aromatic carbocycles. The third kappa shape index (κ3) is 6.50. The number of carbonyl (C=O) groups excluding carboxylic acids is 1. The second-order valence-corrected chi connectivity index (χ2v) is 6.86. The highest BCUT2D eigenvalue weighted by atomic mass is 16.4. The Morgan fingerprint density at radius 2 is 1.38 bits per heavy atom. The number of nitrogens with one attached hydrogen (secondary N) is 2. The first-order chi connectivity index (χ1) is 14.1. The predicted molar refractivity (Wildman–Crippen MR) is 115 cm³/mol. The van der Waals surface area contributed by atoms with Crippen molar-refractivity contribution >= 4 is 17.7 Å². The molecule has 1 atom stereocenters. The molecule has 0 radical (unpaired) electrons. The number of carboxylic acid groups (broad SMARTS) is 1. The van der Waals surface area contributed by atoms with E-state index in [1.807, 2.05) is 84.9 Å². The minimum atomic E-state index is -0.873. The maximum Gasteiger partial charge on any atom is 0.319 e. The van der Waals surface area contributed by atoms with Gasteiger partial charge in [-0.2, -0.15) is 0 Å². The van der Waals surface area contributed by atoms with Gasteiger partial charge in [-0.05, 0) is 41.7 Å². The number of carboxylic acids is 1. The van der Waals surface area contributed by atoms with Gasteiger partial charge in [0.15, 0.2) is 0 Å². The number of hydrogen-bond donors (Lipinski definition) is 3. The fraction of sp³-hybridized carbons (Fsp3) is 0.167. The topological polar surface area (TPSA) is 78.4 Å². The molecule has 3 N–H and O–H groups in total. The lowest BCUT2D eigenvalue weighted by Gasteiger charge is -2.19. The molecule has 0 aliphatic carbocycles. The number of aliphatic carboxylic acids is 1. The zero-order valence-electron chi connectivity index (χ0n) is 16.0. The number of urea groups is 1. The van der Waals surface area contributed by atoms with Crippen LogP contribution in [0, 0.1) is 0 Å². The fourth-order valence-electron chi connectivity index (χ4n) is 3.15. The van der Waals surface area contributed by atoms with Crippen LogP contribution in [0.5, 0.6) is 0 Å². The Morgan fingerprint density at radius 1 is 0.793 bits per heavy atom. The van der Waals surface area contributed by atoms with Gasteiger partial charge in [-0.1, -0.05) is 72.8 Å². The molecule has 0 aliphatic heterocycles. The number of anilines is 1. The van der Waals surface area contributed by atoms with Gasteiger partial charge in [0.25, 0.3) is 0 Å². The van der Waals surface area contributed by atoms with Crippen molar-refractivity contribution in [3.8, 4) is 11.1 Å². The quantitative estimate of drug-likeness (QED) is 0.511. The molecule has 0 aromatic heterocycles. The van der Waals surface area contributed by atoms with E-state index in [0.29, 0.717) is 18.5 Å². The van der Waals surface area contributed by atoms with Crippen molar-refractivity contribution in [1.82, 2.24) is 5.32 Å². The van der Waals surface area contributed by atoms with Crippen LogP contribution >= 0.6 is 0 Å². The minimum absolute atomic E-state index is 0.00352. The van der Waals surface area contributed by atoms with Crippen molar-refractivity contribution in [2.24, 2.45) is 0 Å². The molecule has 0 bridgehead atoms. The van der Waals surface area contributed by atoms with E-state index in [1.165, 1.54) is 0 Å². The van der Waals surface area contributed by atoms with Crippen molar-refractivity contribution < 1.29 is 14.7 Å². The molecule has 0 aliphatic rings. The molecule has 0 saturated heterocycles. The van der Waals surface area contributed by atoms with Crippen molar-refractivity contribution in [3.63, 3.8) is 0 Å². The first kappa shape index (κ1) is 20.1. The van der Waals surface area contributed by atoms with E-state index >= 15 is 0 Å². The molecule has 0 heterocycles. The summed E-state index contributed by atoms with van der Waals surface area (Å²) < 4.78 is 0. The van der Waals surface area contributed by atoms with Gasteiger partial charge in [0.05, 0.1) is 0 Å². The Kier molecular flexibility index (Phi) is 7.00. The number of hydrogen-bond acceptors (Lipinski definition) is 2. The molecule has 2 amide bonds. The predicted octanol–water partition coefficient (Wildman–Crippen LogP) is 4.95. The van der Waals surface area contributed by atoms with E-state index in [4.69, 9.17) is 5.11 Å². The summed E-state index contributed by atoms with van der Waals surface area (Å²) in [6.07, 6.45) is 0.947. The molecule has 5 nitrogen and oxygen atoms in total. The van der Waals surface area contributed by atoms with Crippen LogP contribution in [0.25, 0.3) is 11.1 Å². The first-order valence-electron chi connectivity index (χ1n) is 9.59. The summed E-state index contributed by atoms with van der Waals surface area (Å²) in [5.74, 6) is -0.873. The Bertz CT molecular complexity index is 925. The molecular weight excluding hydrogens is 364 g/mol. The van der Waals surface area contributed by atoms with E-state index < -0.39 is 5.97 Å². The average Bonchev–Trinajstić information content (AvgIpc) is 2.74. The lowest BCUT2D eigenvalue weighted by atomic mass is 10.0. The van der Waals surface area contributed by atoms with Crippen molar-refractivity contribution in [1.29, 1.82) is 0 Å². The van der Waals surface area contributed by atoms with E-state index in [-0.39, 0.29) is 18.5 Å². The highest BCUT2D eigenvalue weighted by Gasteiger charge is 2.15. The second-order valence-electron chi connectivity index (χ2n) is 6.86. The minimum Gasteiger partial charge on any atom is -0.481 e. The van der Waals surface area contributed by atoms with Crippen LogP contribution in [0.4, 0.5) is 10.5 Å². The van der Waals surface area contributed by atoms with Gasteiger partial charge in [0.2, 0.25) is 0 Å². The summed E-state index contributed by atoms with van der Waals surface area (Å²) in [5.41, 5.74) is 3.91. The van der Waals surface area contributed by atoms with Crippen molar-refractivity contribution in [2.45, 2.75) is 25.3 Å². The Labute approximate surface area is 170 Å². The SMILES string of the molecule is O=C(O)CC[C@@H](Cc1ccccc1)NC(=O)Nc1ccc(-c2ccccc2)cc1. The molecule has 0 unspecified atom stereocenters. The van der Waals surface area contributed by atoms with Crippen LogP contribution in [0.15, 0.2) is 84.9 Å². The zero-order chi connectivity index (χ0) is 20.5. The average molecular weight is 388 g/mol. The number of carbonyl (C=O) groups is 2. The van der Waals surface area contributed by atoms with Crippen LogP contribution in [0.2, 0.25) is 0 Å². The van der Waals surface area contributed by atoms with Gasteiger partial charge >= 0.3 is 12.0 Å². The highest BCUT2D eigenvalue weighted by Crippen LogP contribution is 2.21. The molecule has 3 rings (SSSR count). The molecule has 148 valence electrons. The van der Waals surface area contributed by atoms with Gasteiger partial charge in [0.1, 0.15) is 0 Å². The second kappa shape index (κ2) is 10.1. The zero-order valence-corrected chi connectivity index (χ0v) is 16.0. The molecular formula is C24H24N2O3. The third-order valence-electron chi connectivity index (χ3n) is 4.62. The van der Waals surface area contributed by atoms with Crippen LogP contribution in [0.1, 0.15) is 18.4 Å². The van der Waals surface area contributed by atoms with E-state index in [0.717, 1.165) is 16.7 Å². The van der Waals surface area contributed by atoms with Crippen LogP contribution in [0.3, 0.4) is 0 Å². The first-order valence-corrected chi connectivity index (χ1v) is 9.59. The molecule has 29 heavy (non-hydrogen) atoms. The standard InChI is InChI=1S/C24H24N2O3/c27-23(28)16-15-22(17-18-7-3-1-4-8-18)26-24(29)25-21-13-11-20(12-14-21)19-9-5-2-6-10-19/h1-14,22H,15-17H2,(H,27,28)(H2,25,26,29)/t22-/m0/s1. The summed E-state index contributed by atoms with van der Waals surface area (Å²) in [5, 5.41) is 14.7. The van der Waals surface area contributed by atoms with E-state index in [9.17, 15) is 9.59 Å². The Morgan fingerprint density at radius 3 is 2.00 bits per heavy atom. The number of benzene rings is 3. The summed E-state index contributed by atoms with van der Waals surface area (Å²) in [4.78, 5) is 23.4. The molecule has 5 heteroatoms. The van der Waals surface area contributed by atoms with Gasteiger partial charge in [-0.3, -0.25) is 4.79 Å². The van der Waals surface area contributed by atoms with Crippen LogP contribution in [-0.2, 0) is 11.2 Å². The summed E-state index contributed by atoms with van der Waals surface area (Å²) in [6.45, 7) is 0. The highest BCUT2D eigenvalue weighted by molar-refractivity contribution is 5.89. The number of amides is 2. The maximum absolute atomic E-state index is 12.4. The smallest absolute Gasteiger partial charge is 0.319 e. The summed E-state index contributed by atoms with van der Waals surface area (Å²) >= 11 is 0. The van der Waals surface area contributed by atoms with Gasteiger partial charge in [0, 0.05) is 18.2 Å². The van der Waals surface area contributed by atoms with Gasteiger partial charge < -0.3 is 15.7 Å². The fourth-order valence-corrected chi connectivity index (χ4v) is 3.15. The third-order valence-corrected chi connectivity index (χ3v) is 4.62. The lowest BCUT2D eigenvalue weighted by Crippen LogP contribution is -2.39. The van der Waals surface area contributed by atoms with Crippen molar-refractivity contribution in [2.75, 3.05) is 5.32 Å². The Balaban J connectivity index is 1.60. The maximum atomic E-state index is 12.4. The van der Waals surface area contributed by atoms with Gasteiger partial charge in [-0.15, -0.1) is 0 Å². The van der Waals surface area contributed by atoms with Crippen molar-refractivity contribution in [3.05, 3.63) is 90.5 Å².